The number of hydrogen-bond acceptors (Lipinski definition) is 5. The fourth-order valence-corrected chi connectivity index (χ4v) is 4.25. The van der Waals surface area contributed by atoms with Crippen LogP contribution in [-0.2, 0) is 24.4 Å². The normalized spacial score (nSPS) is 10.7. The zero-order valence-corrected chi connectivity index (χ0v) is 21.1. The number of hydrogen-bond donors (Lipinski definition) is 1. The zero-order chi connectivity index (χ0) is 26.2. The lowest BCUT2D eigenvalue weighted by Crippen LogP contribution is -2.34. The average molecular weight is 542 g/mol. The molecule has 0 atom stereocenters. The number of carbonyl (C=O) groups is 2. The molecule has 0 spiro atoms. The summed E-state index contributed by atoms with van der Waals surface area (Å²) in [5.41, 5.74) is 1.70. The van der Waals surface area contributed by atoms with Crippen molar-refractivity contribution in [3.63, 3.8) is 0 Å². The molecule has 37 heavy (non-hydrogen) atoms. The lowest BCUT2D eigenvalue weighted by molar-refractivity contribution is -0.134. The molecule has 3 aromatic carbocycles. The van der Waals surface area contributed by atoms with Crippen LogP contribution in [-0.4, -0.2) is 28.3 Å². The van der Waals surface area contributed by atoms with Crippen molar-refractivity contribution in [2.45, 2.75) is 19.6 Å². The van der Waals surface area contributed by atoms with Crippen molar-refractivity contribution in [1.29, 1.82) is 0 Å². The number of thiazole rings is 1. The first-order valence-corrected chi connectivity index (χ1v) is 12.5. The Kier molecular flexibility index (Phi) is 8.81. The van der Waals surface area contributed by atoms with Gasteiger partial charge in [-0.25, -0.2) is 13.8 Å². The highest BCUT2D eigenvalue weighted by atomic mass is 35.5. The number of nitrogens with one attached hydrogen (secondary N) is 1. The molecule has 10 heteroatoms. The molecule has 0 fully saturated rings. The summed E-state index contributed by atoms with van der Waals surface area (Å²) >= 11 is 7.14. The van der Waals surface area contributed by atoms with E-state index in [-0.39, 0.29) is 55.4 Å². The van der Waals surface area contributed by atoms with Gasteiger partial charge >= 0.3 is 0 Å². The van der Waals surface area contributed by atoms with E-state index in [0.717, 1.165) is 11.1 Å². The summed E-state index contributed by atoms with van der Waals surface area (Å²) < 4.78 is 32.0. The summed E-state index contributed by atoms with van der Waals surface area (Å²) in [6.45, 7) is 0.341. The molecule has 0 aliphatic heterocycles. The topological polar surface area (TPSA) is 71.5 Å². The molecular weight excluding hydrogens is 520 g/mol. The average Bonchev–Trinajstić information content (AvgIpc) is 3.37. The van der Waals surface area contributed by atoms with Gasteiger partial charge in [-0.3, -0.25) is 9.59 Å². The highest BCUT2D eigenvalue weighted by molar-refractivity contribution is 7.09. The second-order valence-corrected chi connectivity index (χ2v) is 9.43. The van der Waals surface area contributed by atoms with E-state index in [4.69, 9.17) is 16.3 Å². The standard InChI is InChI=1S/C27H22ClF2N3O3S/c28-20-5-11-23(12-6-20)36-16-26(34)33(14-19-3-9-22(30)10-4-19)15-25-32-24(17-37-25)27(35)31-13-18-1-7-21(29)8-2-18/h1-12,17H,13-16H2,(H,31,35). The number of benzene rings is 3. The number of carbonyl (C=O) groups excluding carboxylic acids is 2. The van der Waals surface area contributed by atoms with E-state index in [2.05, 4.69) is 10.3 Å². The van der Waals surface area contributed by atoms with Crippen molar-refractivity contribution in [2.24, 2.45) is 0 Å². The number of nitrogens with zero attached hydrogens (tertiary/aromatic N) is 2. The van der Waals surface area contributed by atoms with E-state index in [1.54, 1.807) is 53.9 Å². The van der Waals surface area contributed by atoms with Gasteiger partial charge in [0, 0.05) is 23.5 Å². The third kappa shape index (κ3) is 7.83. The van der Waals surface area contributed by atoms with Gasteiger partial charge in [0.05, 0.1) is 6.54 Å². The van der Waals surface area contributed by atoms with Crippen molar-refractivity contribution in [3.05, 3.63) is 117 Å². The quantitative estimate of drug-likeness (QED) is 0.283. The maximum absolute atomic E-state index is 13.4. The number of amides is 2. The molecule has 0 unspecified atom stereocenters. The van der Waals surface area contributed by atoms with Crippen LogP contribution in [0.15, 0.2) is 78.2 Å². The van der Waals surface area contributed by atoms with Crippen LogP contribution in [0.2, 0.25) is 5.02 Å². The molecule has 6 nitrogen and oxygen atoms in total. The zero-order valence-electron chi connectivity index (χ0n) is 19.5. The minimum atomic E-state index is -0.380. The van der Waals surface area contributed by atoms with Gasteiger partial charge in [0.1, 0.15) is 28.1 Å². The van der Waals surface area contributed by atoms with Crippen molar-refractivity contribution < 1.29 is 23.1 Å². The third-order valence-corrected chi connectivity index (χ3v) is 6.38. The number of rotatable bonds is 10. The van der Waals surface area contributed by atoms with Crippen molar-refractivity contribution >= 4 is 34.8 Å². The second kappa shape index (κ2) is 12.4. The van der Waals surface area contributed by atoms with Gasteiger partial charge in [-0.2, -0.15) is 0 Å². The van der Waals surface area contributed by atoms with Crippen LogP contribution < -0.4 is 10.1 Å². The van der Waals surface area contributed by atoms with Crippen molar-refractivity contribution in [3.8, 4) is 5.75 Å². The lowest BCUT2D eigenvalue weighted by atomic mass is 10.2. The van der Waals surface area contributed by atoms with E-state index in [9.17, 15) is 18.4 Å². The molecule has 1 aromatic heterocycles. The van der Waals surface area contributed by atoms with E-state index in [1.807, 2.05) is 0 Å². The summed E-state index contributed by atoms with van der Waals surface area (Å²) in [5.74, 6) is -0.915. The molecule has 0 aliphatic carbocycles. The fraction of sp³-hybridized carbons (Fsp3) is 0.148. The minimum Gasteiger partial charge on any atom is -0.484 e. The maximum atomic E-state index is 13.4. The number of halogens is 3. The van der Waals surface area contributed by atoms with Crippen LogP contribution in [0.4, 0.5) is 8.78 Å². The smallest absolute Gasteiger partial charge is 0.271 e. The van der Waals surface area contributed by atoms with E-state index in [0.29, 0.717) is 15.8 Å². The van der Waals surface area contributed by atoms with Crippen LogP contribution in [0, 0.1) is 11.6 Å². The predicted octanol–water partition coefficient (Wildman–Crippen LogP) is 5.61. The van der Waals surface area contributed by atoms with Crippen molar-refractivity contribution in [2.75, 3.05) is 6.61 Å². The molecular formula is C27H22ClF2N3O3S. The minimum absolute atomic E-state index is 0.135. The highest BCUT2D eigenvalue weighted by Gasteiger charge is 2.19. The van der Waals surface area contributed by atoms with E-state index >= 15 is 0 Å². The third-order valence-electron chi connectivity index (χ3n) is 5.29. The van der Waals surface area contributed by atoms with Crippen LogP contribution in [0.5, 0.6) is 5.75 Å². The summed E-state index contributed by atoms with van der Waals surface area (Å²) in [6, 6.07) is 18.3. The van der Waals surface area contributed by atoms with Gasteiger partial charge in [-0.05, 0) is 59.7 Å². The Bertz CT molecular complexity index is 1350. The van der Waals surface area contributed by atoms with Gasteiger partial charge in [0.2, 0.25) is 0 Å². The van der Waals surface area contributed by atoms with Crippen molar-refractivity contribution in [1.82, 2.24) is 15.2 Å². The monoisotopic (exact) mass is 541 g/mol. The molecule has 0 saturated carbocycles. The lowest BCUT2D eigenvalue weighted by Gasteiger charge is -2.22. The summed E-state index contributed by atoms with van der Waals surface area (Å²) in [7, 11) is 0. The molecule has 4 rings (SSSR count). The van der Waals surface area contributed by atoms with Crippen LogP contribution >= 0.6 is 22.9 Å². The highest BCUT2D eigenvalue weighted by Crippen LogP contribution is 2.18. The van der Waals surface area contributed by atoms with Gasteiger partial charge < -0.3 is 15.0 Å². The molecule has 0 saturated heterocycles. The van der Waals surface area contributed by atoms with Gasteiger partial charge in [0.25, 0.3) is 11.8 Å². The van der Waals surface area contributed by atoms with Crippen LogP contribution in [0.1, 0.15) is 26.6 Å². The predicted molar refractivity (Wildman–Crippen MR) is 137 cm³/mol. The fourth-order valence-electron chi connectivity index (χ4n) is 3.34. The number of ether oxygens (including phenoxy) is 1. The first-order chi connectivity index (χ1) is 17.9. The van der Waals surface area contributed by atoms with E-state index < -0.39 is 0 Å². The second-order valence-electron chi connectivity index (χ2n) is 8.05. The largest absolute Gasteiger partial charge is 0.484 e. The molecule has 0 aliphatic rings. The molecule has 1 N–H and O–H groups in total. The van der Waals surface area contributed by atoms with Crippen LogP contribution in [0.25, 0.3) is 0 Å². The molecule has 0 radical (unpaired) electrons. The Labute approximate surface area is 221 Å². The Balaban J connectivity index is 1.41. The first kappa shape index (κ1) is 26.2. The SMILES string of the molecule is O=C(NCc1ccc(F)cc1)c1csc(CN(Cc2ccc(F)cc2)C(=O)COc2ccc(Cl)cc2)n1. The summed E-state index contributed by atoms with van der Waals surface area (Å²) in [4.78, 5) is 31.5. The van der Waals surface area contributed by atoms with Gasteiger partial charge in [-0.1, -0.05) is 35.9 Å². The van der Waals surface area contributed by atoms with E-state index in [1.165, 1.54) is 40.5 Å². The molecule has 2 amide bonds. The van der Waals surface area contributed by atoms with Gasteiger partial charge in [0.15, 0.2) is 6.61 Å². The molecule has 0 bridgehead atoms. The summed E-state index contributed by atoms with van der Waals surface area (Å²) in [5, 5.41) is 5.46. The Morgan fingerprint density at radius 1 is 0.892 bits per heavy atom. The Morgan fingerprint density at radius 2 is 1.51 bits per heavy atom. The Morgan fingerprint density at radius 3 is 2.16 bits per heavy atom. The molecule has 190 valence electrons. The number of aromatic nitrogens is 1. The Hall–Kier alpha value is -3.82. The van der Waals surface area contributed by atoms with Gasteiger partial charge in [-0.15, -0.1) is 11.3 Å². The summed E-state index contributed by atoms with van der Waals surface area (Å²) in [6.07, 6.45) is 0. The molecule has 4 aromatic rings. The first-order valence-electron chi connectivity index (χ1n) is 11.2. The van der Waals surface area contributed by atoms with Crippen LogP contribution in [0.3, 0.4) is 0 Å². The molecule has 1 heterocycles. The maximum Gasteiger partial charge on any atom is 0.271 e.